The van der Waals surface area contributed by atoms with Gasteiger partial charge in [-0.1, -0.05) is 0 Å². The fourth-order valence-corrected chi connectivity index (χ4v) is 0.242. The molecule has 0 amide bonds. The quantitative estimate of drug-likeness (QED) is 0.491. The lowest BCUT2D eigenvalue weighted by atomic mass is 10.7. The summed E-state index contributed by atoms with van der Waals surface area (Å²) in [6.07, 6.45) is 0. The van der Waals surface area contributed by atoms with Crippen LogP contribution in [0.5, 0.6) is 0 Å². The second-order valence-electron chi connectivity index (χ2n) is 1.14. The van der Waals surface area contributed by atoms with Crippen molar-refractivity contribution in [1.82, 2.24) is 5.53 Å². The van der Waals surface area contributed by atoms with E-state index in [1.54, 1.807) is 6.92 Å². The first kappa shape index (κ1) is 4.82. The van der Waals surface area contributed by atoms with E-state index in [0.29, 0.717) is 5.84 Å². The Bertz CT molecular complexity index is 151. The predicted molar refractivity (Wildman–Crippen MR) is 26.0 cm³/mol. The maximum atomic E-state index is 3.57. The van der Waals surface area contributed by atoms with Crippen molar-refractivity contribution < 1.29 is 0 Å². The molecular weight excluding hydrogens is 108 g/mol. The summed E-state index contributed by atoms with van der Waals surface area (Å²) in [7, 11) is 0. The minimum Gasteiger partial charge on any atom is -0.176 e. The van der Waals surface area contributed by atoms with Gasteiger partial charge in [0.05, 0.1) is 0 Å². The molecule has 1 aliphatic heterocycles. The van der Waals surface area contributed by atoms with Crippen LogP contribution < -0.4 is 5.53 Å². The first-order chi connectivity index (χ1) is 3.89. The molecule has 6 heteroatoms. The standard InChI is InChI=1S/C2H4N6/c1-2-3-5-7-8-6-4-2/h1H3,(H,3,4,5,6,7,8). The van der Waals surface area contributed by atoms with Crippen LogP contribution >= 0.6 is 0 Å². The third kappa shape index (κ3) is 1.07. The van der Waals surface area contributed by atoms with Crippen LogP contribution in [0.15, 0.2) is 25.9 Å². The van der Waals surface area contributed by atoms with Gasteiger partial charge in [-0.25, -0.2) is 0 Å². The van der Waals surface area contributed by atoms with Gasteiger partial charge in [0.15, 0.2) is 5.84 Å². The van der Waals surface area contributed by atoms with Crippen LogP contribution in [-0.2, 0) is 0 Å². The number of nitrogens with one attached hydrogen (secondary N) is 1. The van der Waals surface area contributed by atoms with Crippen molar-refractivity contribution in [3.8, 4) is 0 Å². The Balaban J connectivity index is 2.69. The zero-order valence-corrected chi connectivity index (χ0v) is 4.24. The minimum atomic E-state index is 0.509. The summed E-state index contributed by atoms with van der Waals surface area (Å²) in [5.41, 5.74) is 2.26. The molecule has 0 saturated carbocycles. The molecule has 0 spiro atoms. The SMILES string of the molecule is CC1=NNN=NN=N1. The normalized spacial score (nSPS) is 16.9. The van der Waals surface area contributed by atoms with Crippen LogP contribution in [0.1, 0.15) is 6.92 Å². The molecule has 0 unspecified atom stereocenters. The Morgan fingerprint density at radius 2 is 2.25 bits per heavy atom. The Kier molecular flexibility index (Phi) is 1.27. The van der Waals surface area contributed by atoms with Gasteiger partial charge in [-0.15, -0.1) is 10.2 Å². The molecule has 1 heterocycles. The van der Waals surface area contributed by atoms with Crippen molar-refractivity contribution in [2.45, 2.75) is 6.92 Å². The Hall–Kier alpha value is -1.33. The van der Waals surface area contributed by atoms with E-state index < -0.39 is 0 Å². The molecule has 0 aromatic carbocycles. The van der Waals surface area contributed by atoms with Crippen LogP contribution in [0, 0.1) is 0 Å². The second-order valence-corrected chi connectivity index (χ2v) is 1.14. The molecule has 1 N–H and O–H groups in total. The van der Waals surface area contributed by atoms with E-state index >= 15 is 0 Å². The predicted octanol–water partition coefficient (Wildman–Crippen LogP) is 0.657. The van der Waals surface area contributed by atoms with Crippen LogP contribution in [0.3, 0.4) is 0 Å². The summed E-state index contributed by atoms with van der Waals surface area (Å²) in [5, 5.41) is 16.7. The van der Waals surface area contributed by atoms with E-state index in [2.05, 4.69) is 31.4 Å². The van der Waals surface area contributed by atoms with Gasteiger partial charge in [-0.3, -0.25) is 0 Å². The lowest BCUT2D eigenvalue weighted by Gasteiger charge is -1.80. The third-order valence-electron chi connectivity index (χ3n) is 0.531. The van der Waals surface area contributed by atoms with Gasteiger partial charge >= 0.3 is 0 Å². The third-order valence-corrected chi connectivity index (χ3v) is 0.531. The lowest BCUT2D eigenvalue weighted by Crippen LogP contribution is -1.94. The fraction of sp³-hybridized carbons (Fsp3) is 0.500. The van der Waals surface area contributed by atoms with E-state index in [0.717, 1.165) is 0 Å². The zero-order chi connectivity index (χ0) is 5.82. The van der Waals surface area contributed by atoms with Crippen molar-refractivity contribution in [2.24, 2.45) is 25.9 Å². The average Bonchev–Trinajstić information content (AvgIpc) is 1.94. The number of hydrogen-bond acceptors (Lipinski definition) is 6. The van der Waals surface area contributed by atoms with E-state index in [1.165, 1.54) is 0 Å². The average molecular weight is 112 g/mol. The first-order valence-electron chi connectivity index (χ1n) is 1.99. The largest absolute Gasteiger partial charge is 0.176 e. The van der Waals surface area contributed by atoms with E-state index in [1.807, 2.05) is 0 Å². The molecule has 0 bridgehead atoms. The van der Waals surface area contributed by atoms with Gasteiger partial charge in [-0.2, -0.15) is 5.53 Å². The minimum absolute atomic E-state index is 0.509. The number of rotatable bonds is 0. The molecule has 1 rings (SSSR count). The molecule has 0 aromatic heterocycles. The summed E-state index contributed by atoms with van der Waals surface area (Å²) >= 11 is 0. The van der Waals surface area contributed by atoms with Crippen molar-refractivity contribution in [3.05, 3.63) is 0 Å². The number of hydrazone groups is 1. The number of amidine groups is 1. The second kappa shape index (κ2) is 2.10. The Labute approximate surface area is 45.3 Å². The monoisotopic (exact) mass is 112 g/mol. The molecule has 0 radical (unpaired) electrons. The van der Waals surface area contributed by atoms with Crippen molar-refractivity contribution in [1.29, 1.82) is 0 Å². The zero-order valence-electron chi connectivity index (χ0n) is 4.24. The Morgan fingerprint density at radius 1 is 1.38 bits per heavy atom. The van der Waals surface area contributed by atoms with E-state index in [-0.39, 0.29) is 0 Å². The van der Waals surface area contributed by atoms with Crippen molar-refractivity contribution in [3.63, 3.8) is 0 Å². The fourth-order valence-electron chi connectivity index (χ4n) is 0.242. The maximum Gasteiger partial charge on any atom is 0.171 e. The molecule has 0 aliphatic carbocycles. The summed E-state index contributed by atoms with van der Waals surface area (Å²) < 4.78 is 0. The van der Waals surface area contributed by atoms with E-state index in [9.17, 15) is 0 Å². The highest BCUT2D eigenvalue weighted by Gasteiger charge is 1.85. The van der Waals surface area contributed by atoms with Gasteiger partial charge in [0.2, 0.25) is 0 Å². The van der Waals surface area contributed by atoms with Gasteiger partial charge in [0, 0.05) is 0 Å². The molecule has 6 nitrogen and oxygen atoms in total. The van der Waals surface area contributed by atoms with Crippen LogP contribution in [0.4, 0.5) is 0 Å². The molecule has 8 heavy (non-hydrogen) atoms. The summed E-state index contributed by atoms with van der Waals surface area (Å²) in [6, 6.07) is 0. The van der Waals surface area contributed by atoms with Gasteiger partial charge in [0.1, 0.15) is 0 Å². The van der Waals surface area contributed by atoms with Gasteiger partial charge in [0.25, 0.3) is 0 Å². The Morgan fingerprint density at radius 3 is 3.12 bits per heavy atom. The molecule has 1 aliphatic rings. The first-order valence-corrected chi connectivity index (χ1v) is 1.99. The van der Waals surface area contributed by atoms with Gasteiger partial charge in [-0.05, 0) is 22.6 Å². The topological polar surface area (TPSA) is 73.8 Å². The molecule has 0 fully saturated rings. The molecular formula is C2H4N6. The van der Waals surface area contributed by atoms with Crippen LogP contribution in [0.25, 0.3) is 0 Å². The molecule has 0 atom stereocenters. The molecule has 42 valence electrons. The summed E-state index contributed by atoms with van der Waals surface area (Å²) in [4.78, 5) is 0. The molecule has 0 aromatic rings. The van der Waals surface area contributed by atoms with Gasteiger partial charge < -0.3 is 0 Å². The smallest absolute Gasteiger partial charge is 0.171 e. The van der Waals surface area contributed by atoms with Crippen molar-refractivity contribution in [2.75, 3.05) is 0 Å². The highest BCUT2D eigenvalue weighted by atomic mass is 15.7. The highest BCUT2D eigenvalue weighted by molar-refractivity contribution is 5.79. The van der Waals surface area contributed by atoms with Crippen LogP contribution in [-0.4, -0.2) is 5.84 Å². The summed E-state index contributed by atoms with van der Waals surface area (Å²) in [6.45, 7) is 1.69. The summed E-state index contributed by atoms with van der Waals surface area (Å²) in [5.74, 6) is 0.509. The number of hydrogen-bond donors (Lipinski definition) is 1. The van der Waals surface area contributed by atoms with Crippen molar-refractivity contribution >= 4 is 5.84 Å². The highest BCUT2D eigenvalue weighted by Crippen LogP contribution is 1.86. The lowest BCUT2D eigenvalue weighted by molar-refractivity contribution is 0.728. The number of nitrogens with zero attached hydrogens (tertiary/aromatic N) is 5. The molecule has 0 saturated heterocycles. The maximum absolute atomic E-state index is 3.57. The van der Waals surface area contributed by atoms with Crippen LogP contribution in [0.2, 0.25) is 0 Å². The van der Waals surface area contributed by atoms with E-state index in [4.69, 9.17) is 0 Å².